The van der Waals surface area contributed by atoms with Gasteiger partial charge in [-0.1, -0.05) is 6.07 Å². The molecule has 1 saturated heterocycles. The first-order valence-corrected chi connectivity index (χ1v) is 10.8. The van der Waals surface area contributed by atoms with Gasteiger partial charge in [-0.25, -0.2) is 8.42 Å². The summed E-state index contributed by atoms with van der Waals surface area (Å²) in [6, 6.07) is 5.83. The third-order valence-corrected chi connectivity index (χ3v) is 6.31. The number of nitro benzene ring substituents is 1. The molecule has 0 aliphatic carbocycles. The average Bonchev–Trinajstić information content (AvgIpc) is 3.23. The lowest BCUT2D eigenvalue weighted by atomic mass is 10.1. The summed E-state index contributed by atoms with van der Waals surface area (Å²) in [6.45, 7) is 1.56. The molecule has 172 valence electrons. The molecule has 1 fully saturated rings. The molecule has 3 rings (SSSR count). The van der Waals surface area contributed by atoms with Crippen LogP contribution in [0.15, 0.2) is 41.3 Å². The zero-order valence-corrected chi connectivity index (χ0v) is 17.4. The number of nitrogens with one attached hydrogen (secondary N) is 2. The summed E-state index contributed by atoms with van der Waals surface area (Å²) in [5.41, 5.74) is -3.03. The van der Waals surface area contributed by atoms with E-state index in [2.05, 4.69) is 5.32 Å². The van der Waals surface area contributed by atoms with Gasteiger partial charge in [0.2, 0.25) is 0 Å². The number of amides is 1. The van der Waals surface area contributed by atoms with Crippen LogP contribution in [-0.4, -0.2) is 32.0 Å². The number of carbonyl (C=O) groups is 1. The SMILES string of the molecule is Cc1c([N+](=O)[O-])cccc1S(=O)(=O)Nc1ccc(NC(=O)C2CCCO2)cc1C(F)(F)F. The van der Waals surface area contributed by atoms with Gasteiger partial charge in [0.1, 0.15) is 6.10 Å². The second-order valence-electron chi connectivity index (χ2n) is 7.01. The highest BCUT2D eigenvalue weighted by molar-refractivity contribution is 7.92. The highest BCUT2D eigenvalue weighted by Gasteiger charge is 2.36. The van der Waals surface area contributed by atoms with Crippen LogP contribution in [0.4, 0.5) is 30.2 Å². The minimum absolute atomic E-state index is 0.188. The topological polar surface area (TPSA) is 128 Å². The third-order valence-electron chi connectivity index (χ3n) is 4.80. The lowest BCUT2D eigenvalue weighted by Crippen LogP contribution is -2.27. The van der Waals surface area contributed by atoms with Crippen LogP contribution in [0.5, 0.6) is 0 Å². The number of hydrogen-bond donors (Lipinski definition) is 2. The normalized spacial score (nSPS) is 16.6. The van der Waals surface area contributed by atoms with E-state index in [0.717, 1.165) is 30.3 Å². The van der Waals surface area contributed by atoms with Crippen LogP contribution in [-0.2, 0) is 25.7 Å². The smallest absolute Gasteiger partial charge is 0.368 e. The fourth-order valence-electron chi connectivity index (χ4n) is 3.24. The van der Waals surface area contributed by atoms with Crippen molar-refractivity contribution in [3.05, 3.63) is 57.6 Å². The first-order valence-electron chi connectivity index (χ1n) is 9.30. The maximum atomic E-state index is 13.6. The molecular weight excluding hydrogens is 455 g/mol. The van der Waals surface area contributed by atoms with Crippen LogP contribution >= 0.6 is 0 Å². The Balaban J connectivity index is 1.94. The Morgan fingerprint density at radius 3 is 2.56 bits per heavy atom. The number of halogens is 3. The van der Waals surface area contributed by atoms with E-state index >= 15 is 0 Å². The van der Waals surface area contributed by atoms with Gasteiger partial charge < -0.3 is 10.1 Å². The lowest BCUT2D eigenvalue weighted by molar-refractivity contribution is -0.385. The number of hydrogen-bond acceptors (Lipinski definition) is 6. The van der Waals surface area contributed by atoms with Gasteiger partial charge >= 0.3 is 6.18 Å². The maximum absolute atomic E-state index is 13.6. The number of ether oxygens (including phenoxy) is 1. The molecule has 2 N–H and O–H groups in total. The van der Waals surface area contributed by atoms with E-state index in [1.165, 1.54) is 6.92 Å². The van der Waals surface area contributed by atoms with E-state index < -0.39 is 55.0 Å². The molecule has 13 heteroatoms. The lowest BCUT2D eigenvalue weighted by Gasteiger charge is -2.18. The molecule has 0 bridgehead atoms. The molecule has 2 aromatic carbocycles. The molecule has 0 saturated carbocycles. The van der Waals surface area contributed by atoms with Crippen molar-refractivity contribution in [2.75, 3.05) is 16.6 Å². The van der Waals surface area contributed by atoms with Gasteiger partial charge in [-0.15, -0.1) is 0 Å². The predicted molar refractivity (Wildman–Crippen MR) is 108 cm³/mol. The van der Waals surface area contributed by atoms with E-state index in [-0.39, 0.29) is 11.3 Å². The van der Waals surface area contributed by atoms with Crippen molar-refractivity contribution in [1.82, 2.24) is 0 Å². The maximum Gasteiger partial charge on any atom is 0.418 e. The summed E-state index contributed by atoms with van der Waals surface area (Å²) in [5.74, 6) is -0.601. The van der Waals surface area contributed by atoms with Crippen LogP contribution in [0.2, 0.25) is 0 Å². The van der Waals surface area contributed by atoms with E-state index in [4.69, 9.17) is 4.74 Å². The van der Waals surface area contributed by atoms with Crippen LogP contribution < -0.4 is 10.0 Å². The zero-order valence-electron chi connectivity index (χ0n) is 16.6. The monoisotopic (exact) mass is 473 g/mol. The summed E-state index contributed by atoms with van der Waals surface area (Å²) in [5, 5.41) is 13.4. The first-order chi connectivity index (χ1) is 14.9. The van der Waals surface area contributed by atoms with Crippen LogP contribution in [0, 0.1) is 17.0 Å². The fraction of sp³-hybridized carbons (Fsp3) is 0.316. The van der Waals surface area contributed by atoms with Crippen LogP contribution in [0.25, 0.3) is 0 Å². The molecule has 32 heavy (non-hydrogen) atoms. The van der Waals surface area contributed by atoms with Crippen molar-refractivity contribution in [3.8, 4) is 0 Å². The zero-order chi connectivity index (χ0) is 23.7. The minimum atomic E-state index is -4.96. The fourth-order valence-corrected chi connectivity index (χ4v) is 4.59. The molecule has 1 aliphatic rings. The molecule has 1 unspecified atom stereocenters. The Hall–Kier alpha value is -3.19. The quantitative estimate of drug-likeness (QED) is 0.485. The molecule has 1 aliphatic heterocycles. The van der Waals surface area contributed by atoms with Gasteiger partial charge in [-0.05, 0) is 44.0 Å². The van der Waals surface area contributed by atoms with Crippen LogP contribution in [0.1, 0.15) is 24.0 Å². The highest BCUT2D eigenvalue weighted by Crippen LogP contribution is 2.38. The van der Waals surface area contributed by atoms with Crippen molar-refractivity contribution in [1.29, 1.82) is 0 Å². The van der Waals surface area contributed by atoms with Crippen molar-refractivity contribution < 1.29 is 36.0 Å². The molecule has 1 atom stereocenters. The number of carbonyl (C=O) groups excluding carboxylic acids is 1. The summed E-state index contributed by atoms with van der Waals surface area (Å²) < 4.78 is 73.4. The molecule has 0 spiro atoms. The third kappa shape index (κ3) is 4.99. The molecular formula is C19H18F3N3O6S. The van der Waals surface area contributed by atoms with Gasteiger partial charge in [-0.3, -0.25) is 19.6 Å². The van der Waals surface area contributed by atoms with Gasteiger partial charge in [0.05, 0.1) is 21.1 Å². The Labute approximate surface area is 180 Å². The van der Waals surface area contributed by atoms with Crippen molar-refractivity contribution >= 4 is 33.0 Å². The van der Waals surface area contributed by atoms with Gasteiger partial charge in [0.15, 0.2) is 0 Å². The first kappa shape index (κ1) is 23.5. The van der Waals surface area contributed by atoms with E-state index in [1.54, 1.807) is 0 Å². The van der Waals surface area contributed by atoms with E-state index in [1.807, 2.05) is 4.72 Å². The molecule has 1 amide bonds. The number of sulfonamides is 1. The Bertz CT molecular complexity index is 1160. The number of nitro groups is 1. The number of rotatable bonds is 6. The number of benzene rings is 2. The Morgan fingerprint density at radius 2 is 1.97 bits per heavy atom. The molecule has 0 radical (unpaired) electrons. The van der Waals surface area contributed by atoms with Crippen LogP contribution in [0.3, 0.4) is 0 Å². The molecule has 1 heterocycles. The highest BCUT2D eigenvalue weighted by atomic mass is 32.2. The van der Waals surface area contributed by atoms with Crippen molar-refractivity contribution in [3.63, 3.8) is 0 Å². The summed E-state index contributed by atoms with van der Waals surface area (Å²) in [6.07, 6.45) is -4.62. The summed E-state index contributed by atoms with van der Waals surface area (Å²) >= 11 is 0. The standard InChI is InChI=1S/C19H18F3N3O6S/c1-11-15(25(27)28)4-2-6-17(11)32(29,30)24-14-8-7-12(10-13(14)19(20,21)22)23-18(26)16-5-3-9-31-16/h2,4,6-8,10,16,24H,3,5,9H2,1H3,(H,23,26). The molecule has 2 aromatic rings. The average molecular weight is 473 g/mol. The van der Waals surface area contributed by atoms with Crippen molar-refractivity contribution in [2.24, 2.45) is 0 Å². The number of anilines is 2. The molecule has 0 aromatic heterocycles. The molecule has 9 nitrogen and oxygen atoms in total. The van der Waals surface area contributed by atoms with Gasteiger partial charge in [-0.2, -0.15) is 13.2 Å². The second-order valence-corrected chi connectivity index (χ2v) is 8.66. The summed E-state index contributed by atoms with van der Waals surface area (Å²) in [7, 11) is -4.59. The Kier molecular flexibility index (Phi) is 6.41. The number of nitrogens with zero attached hydrogens (tertiary/aromatic N) is 1. The van der Waals surface area contributed by atoms with Gasteiger partial charge in [0, 0.05) is 23.9 Å². The van der Waals surface area contributed by atoms with E-state index in [9.17, 15) is 36.5 Å². The van der Waals surface area contributed by atoms with E-state index in [0.29, 0.717) is 25.5 Å². The second kappa shape index (κ2) is 8.74. The summed E-state index contributed by atoms with van der Waals surface area (Å²) in [4.78, 5) is 21.9. The van der Waals surface area contributed by atoms with Crippen molar-refractivity contribution in [2.45, 2.75) is 36.9 Å². The largest absolute Gasteiger partial charge is 0.418 e. The number of alkyl halides is 3. The Morgan fingerprint density at radius 1 is 1.25 bits per heavy atom. The minimum Gasteiger partial charge on any atom is -0.368 e. The predicted octanol–water partition coefficient (Wildman–Crippen LogP) is 3.84. The van der Waals surface area contributed by atoms with Gasteiger partial charge in [0.25, 0.3) is 21.6 Å².